The number of hydrogen-bond donors (Lipinski definition) is 2. The molecule has 0 saturated carbocycles. The maximum absolute atomic E-state index is 12.5. The molecule has 3 N–H and O–H groups in total. The van der Waals surface area contributed by atoms with Crippen LogP contribution in [0.4, 0.5) is 10.6 Å². The van der Waals surface area contributed by atoms with Gasteiger partial charge in [-0.3, -0.25) is 4.90 Å². The zero-order valence-corrected chi connectivity index (χ0v) is 13.4. The number of aliphatic hydroxyl groups excluding tert-OH is 1. The molecule has 0 bridgehead atoms. The fraction of sp³-hybridized carbons (Fsp3) is 0.625. The van der Waals surface area contributed by atoms with Crippen molar-refractivity contribution >= 4 is 11.8 Å². The average Bonchev–Trinajstić information content (AvgIpc) is 3.00. The summed E-state index contributed by atoms with van der Waals surface area (Å²) in [5.41, 5.74) is 6.86. The summed E-state index contributed by atoms with van der Waals surface area (Å²) >= 11 is 0. The number of likely N-dealkylation sites (tertiary alicyclic amines) is 1. The molecule has 1 atom stereocenters. The number of carbonyl (C=O) groups excluding carboxylic acids is 1. The lowest BCUT2D eigenvalue weighted by molar-refractivity contribution is 0.105. The molecule has 3 heterocycles. The number of aliphatic hydroxyl groups is 1. The highest BCUT2D eigenvalue weighted by Crippen LogP contribution is 2.16. The van der Waals surface area contributed by atoms with Gasteiger partial charge >= 0.3 is 6.03 Å². The Balaban J connectivity index is 1.61. The quantitative estimate of drug-likeness (QED) is 0.822. The number of nitrogens with two attached hydrogens (primary N) is 1. The number of urea groups is 1. The Labute approximate surface area is 136 Å². The zero-order chi connectivity index (χ0) is 16.2. The molecular formula is C16H25N5O2. The molecule has 3 rings (SSSR count). The van der Waals surface area contributed by atoms with Gasteiger partial charge < -0.3 is 20.6 Å². The Bertz CT molecular complexity index is 547. The number of anilines is 1. The molecule has 0 radical (unpaired) electrons. The number of nitrogens with zero attached hydrogens (tertiary/aromatic N) is 4. The normalized spacial score (nSPS) is 23.1. The first-order valence-electron chi connectivity index (χ1n) is 8.27. The van der Waals surface area contributed by atoms with Gasteiger partial charge in [-0.15, -0.1) is 0 Å². The van der Waals surface area contributed by atoms with Crippen molar-refractivity contribution in [3.05, 3.63) is 23.9 Å². The summed E-state index contributed by atoms with van der Waals surface area (Å²) in [6, 6.07) is 3.87. The smallest absolute Gasteiger partial charge is 0.320 e. The number of rotatable bonds is 2. The summed E-state index contributed by atoms with van der Waals surface area (Å²) in [6.45, 7) is 4.61. The number of pyridine rings is 1. The van der Waals surface area contributed by atoms with Crippen LogP contribution in [-0.2, 0) is 6.54 Å². The van der Waals surface area contributed by atoms with Crippen LogP contribution in [0.5, 0.6) is 0 Å². The highest BCUT2D eigenvalue weighted by molar-refractivity contribution is 5.74. The molecule has 2 aliphatic rings. The van der Waals surface area contributed by atoms with Gasteiger partial charge in [0.1, 0.15) is 5.82 Å². The molecule has 1 unspecified atom stereocenters. The summed E-state index contributed by atoms with van der Waals surface area (Å²) < 4.78 is 0. The molecular weight excluding hydrogens is 294 g/mol. The summed E-state index contributed by atoms with van der Waals surface area (Å²) in [6.07, 6.45) is 3.29. The summed E-state index contributed by atoms with van der Waals surface area (Å²) in [5.74, 6) is 0.524. The van der Waals surface area contributed by atoms with Crippen LogP contribution in [0.1, 0.15) is 18.4 Å². The van der Waals surface area contributed by atoms with Crippen molar-refractivity contribution in [2.45, 2.75) is 25.5 Å². The second kappa shape index (κ2) is 7.14. The van der Waals surface area contributed by atoms with Gasteiger partial charge in [0.05, 0.1) is 6.10 Å². The van der Waals surface area contributed by atoms with Crippen molar-refractivity contribution in [2.75, 3.05) is 45.0 Å². The fourth-order valence-corrected chi connectivity index (χ4v) is 3.31. The highest BCUT2D eigenvalue weighted by Gasteiger charge is 2.28. The van der Waals surface area contributed by atoms with E-state index in [2.05, 4.69) is 9.88 Å². The third kappa shape index (κ3) is 3.92. The predicted molar refractivity (Wildman–Crippen MR) is 87.7 cm³/mol. The van der Waals surface area contributed by atoms with E-state index < -0.39 is 6.10 Å². The first-order chi connectivity index (χ1) is 11.1. The summed E-state index contributed by atoms with van der Waals surface area (Å²) in [4.78, 5) is 22.4. The van der Waals surface area contributed by atoms with Gasteiger partial charge in [-0.1, -0.05) is 6.07 Å². The monoisotopic (exact) mass is 319 g/mol. The molecule has 2 saturated heterocycles. The highest BCUT2D eigenvalue weighted by atomic mass is 16.3. The maximum atomic E-state index is 12.5. The molecule has 1 aromatic rings. The Morgan fingerprint density at radius 2 is 2.00 bits per heavy atom. The van der Waals surface area contributed by atoms with Crippen LogP contribution in [0.3, 0.4) is 0 Å². The van der Waals surface area contributed by atoms with Gasteiger partial charge in [-0.05, 0) is 18.9 Å². The Hall–Kier alpha value is -1.86. The van der Waals surface area contributed by atoms with Gasteiger partial charge in [0.15, 0.2) is 0 Å². The van der Waals surface area contributed by atoms with E-state index in [0.29, 0.717) is 32.0 Å². The number of nitrogen functional groups attached to an aromatic ring is 1. The van der Waals surface area contributed by atoms with E-state index in [-0.39, 0.29) is 6.03 Å². The van der Waals surface area contributed by atoms with Crippen LogP contribution in [0.25, 0.3) is 0 Å². The van der Waals surface area contributed by atoms with Crippen LogP contribution in [0.2, 0.25) is 0 Å². The third-order valence-electron chi connectivity index (χ3n) is 4.55. The Morgan fingerprint density at radius 1 is 1.22 bits per heavy atom. The molecule has 7 heteroatoms. The summed E-state index contributed by atoms with van der Waals surface area (Å²) in [5, 5.41) is 10.3. The van der Waals surface area contributed by atoms with Crippen molar-refractivity contribution < 1.29 is 9.90 Å². The van der Waals surface area contributed by atoms with Crippen LogP contribution in [-0.4, -0.2) is 76.2 Å². The second-order valence-corrected chi connectivity index (χ2v) is 6.36. The molecule has 7 nitrogen and oxygen atoms in total. The van der Waals surface area contributed by atoms with Crippen LogP contribution < -0.4 is 5.73 Å². The number of carbonyl (C=O) groups is 1. The van der Waals surface area contributed by atoms with Crippen LogP contribution in [0, 0.1) is 0 Å². The SMILES string of the molecule is Nc1ncccc1CN1CCN(C(=O)N2CCCC2)CC(O)C1. The van der Waals surface area contributed by atoms with Crippen molar-refractivity contribution in [1.82, 2.24) is 19.7 Å². The molecule has 0 aliphatic carbocycles. The number of hydrogen-bond acceptors (Lipinski definition) is 5. The van der Waals surface area contributed by atoms with Crippen molar-refractivity contribution in [3.63, 3.8) is 0 Å². The van der Waals surface area contributed by atoms with Gasteiger partial charge in [0.25, 0.3) is 0 Å². The van der Waals surface area contributed by atoms with Crippen LogP contribution in [0.15, 0.2) is 18.3 Å². The standard InChI is InChI=1S/C16H25N5O2/c17-15-13(4-3-5-18-15)10-19-8-9-21(12-14(22)11-19)16(23)20-6-1-2-7-20/h3-5,14,22H,1-2,6-12H2,(H2,17,18). The van der Waals surface area contributed by atoms with Crippen LogP contribution >= 0.6 is 0 Å². The Morgan fingerprint density at radius 3 is 2.74 bits per heavy atom. The first-order valence-corrected chi connectivity index (χ1v) is 8.27. The minimum Gasteiger partial charge on any atom is -0.390 e. The van der Waals surface area contributed by atoms with Gasteiger partial charge in [-0.25, -0.2) is 9.78 Å². The number of aromatic nitrogens is 1. The van der Waals surface area contributed by atoms with Gasteiger partial charge in [0.2, 0.25) is 0 Å². The van der Waals surface area contributed by atoms with E-state index in [4.69, 9.17) is 5.73 Å². The molecule has 0 aromatic carbocycles. The van der Waals surface area contributed by atoms with E-state index in [1.807, 2.05) is 17.0 Å². The topological polar surface area (TPSA) is 85.9 Å². The number of β-amino-alcohol motifs (C(OH)–C–C–N with tert-alkyl or cyclic N) is 1. The van der Waals surface area contributed by atoms with Gasteiger partial charge in [0, 0.05) is 57.6 Å². The summed E-state index contributed by atoms with van der Waals surface area (Å²) in [7, 11) is 0. The minimum atomic E-state index is -0.540. The third-order valence-corrected chi connectivity index (χ3v) is 4.55. The second-order valence-electron chi connectivity index (χ2n) is 6.36. The number of amides is 2. The molecule has 2 fully saturated rings. The van der Waals surface area contributed by atoms with E-state index in [1.165, 1.54) is 0 Å². The zero-order valence-electron chi connectivity index (χ0n) is 13.4. The average molecular weight is 319 g/mol. The minimum absolute atomic E-state index is 0.0595. The molecule has 0 spiro atoms. The molecule has 1 aromatic heterocycles. The molecule has 2 aliphatic heterocycles. The molecule has 23 heavy (non-hydrogen) atoms. The maximum Gasteiger partial charge on any atom is 0.320 e. The van der Waals surface area contributed by atoms with E-state index in [9.17, 15) is 9.90 Å². The lowest BCUT2D eigenvalue weighted by Crippen LogP contribution is -2.45. The first kappa shape index (κ1) is 16.0. The lowest BCUT2D eigenvalue weighted by atomic mass is 10.2. The van der Waals surface area contributed by atoms with E-state index in [1.54, 1.807) is 11.1 Å². The lowest BCUT2D eigenvalue weighted by Gasteiger charge is -2.27. The Kier molecular flexibility index (Phi) is 4.97. The van der Waals surface area contributed by atoms with Crippen molar-refractivity contribution in [2.24, 2.45) is 0 Å². The molecule has 2 amide bonds. The predicted octanol–water partition coefficient (Wildman–Crippen LogP) is 0.358. The van der Waals surface area contributed by atoms with E-state index >= 15 is 0 Å². The van der Waals surface area contributed by atoms with Gasteiger partial charge in [-0.2, -0.15) is 0 Å². The largest absolute Gasteiger partial charge is 0.390 e. The van der Waals surface area contributed by atoms with Crippen molar-refractivity contribution in [3.8, 4) is 0 Å². The van der Waals surface area contributed by atoms with E-state index in [0.717, 1.165) is 38.0 Å². The van der Waals surface area contributed by atoms with Crippen molar-refractivity contribution in [1.29, 1.82) is 0 Å². The fourth-order valence-electron chi connectivity index (χ4n) is 3.31. The molecule has 126 valence electrons.